The number of methoxy groups -OCH3 is 1. The van der Waals surface area contributed by atoms with Gasteiger partial charge < -0.3 is 4.74 Å². The minimum Gasteiger partial charge on any atom is -0.497 e. The van der Waals surface area contributed by atoms with E-state index in [0.717, 1.165) is 28.3 Å². The molecule has 2 aromatic rings. The molecule has 1 amide bonds. The molecule has 22 heavy (non-hydrogen) atoms. The van der Waals surface area contributed by atoms with Crippen LogP contribution in [0.25, 0.3) is 0 Å². The van der Waals surface area contributed by atoms with Crippen LogP contribution in [0.2, 0.25) is 0 Å². The van der Waals surface area contributed by atoms with E-state index in [1.54, 1.807) is 23.5 Å². The van der Waals surface area contributed by atoms with Crippen LogP contribution in [-0.4, -0.2) is 23.7 Å². The van der Waals surface area contributed by atoms with Gasteiger partial charge in [-0.15, -0.1) is 11.3 Å². The Bertz CT molecular complexity index is 677. The summed E-state index contributed by atoms with van der Waals surface area (Å²) in [6, 6.07) is 11.9. The Hall–Kier alpha value is -2.14. The van der Waals surface area contributed by atoms with Gasteiger partial charge in [-0.05, 0) is 29.1 Å². The standard InChI is InChI=1S/C17H18N2O2S/c1-3-17(20)19-15(12-6-8-13(21-2)9-7-12)11-14(18-19)16-5-4-10-22-16/h4-10,15H,3,11H2,1-2H3/t15-/m0/s1. The minimum atomic E-state index is -0.0320. The molecule has 0 unspecified atom stereocenters. The third-order valence-electron chi connectivity index (χ3n) is 3.77. The Morgan fingerprint density at radius 1 is 1.36 bits per heavy atom. The second kappa shape index (κ2) is 6.32. The molecule has 2 heterocycles. The number of carbonyl (C=O) groups excluding carboxylic acids is 1. The molecule has 1 aliphatic heterocycles. The predicted octanol–water partition coefficient (Wildman–Crippen LogP) is 3.84. The fourth-order valence-electron chi connectivity index (χ4n) is 2.58. The van der Waals surface area contributed by atoms with Crippen LogP contribution in [0.5, 0.6) is 5.75 Å². The van der Waals surface area contributed by atoms with E-state index < -0.39 is 0 Å². The highest BCUT2D eigenvalue weighted by Crippen LogP contribution is 2.34. The molecule has 0 aliphatic carbocycles. The summed E-state index contributed by atoms with van der Waals surface area (Å²) in [6.07, 6.45) is 1.20. The molecule has 1 aromatic heterocycles. The Morgan fingerprint density at radius 3 is 2.73 bits per heavy atom. The summed E-state index contributed by atoms with van der Waals surface area (Å²) in [5, 5.41) is 8.25. The van der Waals surface area contributed by atoms with Crippen LogP contribution in [0.4, 0.5) is 0 Å². The van der Waals surface area contributed by atoms with Gasteiger partial charge in [0.25, 0.3) is 0 Å². The first kappa shape index (κ1) is 14.8. The summed E-state index contributed by atoms with van der Waals surface area (Å²) in [6.45, 7) is 1.87. The van der Waals surface area contributed by atoms with Gasteiger partial charge in [0.05, 0.1) is 23.7 Å². The molecule has 1 aromatic carbocycles. The molecule has 0 saturated heterocycles. The van der Waals surface area contributed by atoms with Gasteiger partial charge in [-0.1, -0.05) is 25.1 Å². The Balaban J connectivity index is 1.91. The first-order chi connectivity index (χ1) is 10.7. The molecule has 5 heteroatoms. The van der Waals surface area contributed by atoms with Gasteiger partial charge in [-0.25, -0.2) is 5.01 Å². The number of carbonyl (C=O) groups is 1. The first-order valence-electron chi connectivity index (χ1n) is 7.30. The number of amides is 1. The fraction of sp³-hybridized carbons (Fsp3) is 0.294. The lowest BCUT2D eigenvalue weighted by molar-refractivity contribution is -0.132. The van der Waals surface area contributed by atoms with E-state index in [-0.39, 0.29) is 11.9 Å². The molecule has 0 N–H and O–H groups in total. The highest BCUT2D eigenvalue weighted by molar-refractivity contribution is 7.12. The van der Waals surface area contributed by atoms with E-state index in [2.05, 4.69) is 11.2 Å². The third kappa shape index (κ3) is 2.76. The second-order valence-electron chi connectivity index (χ2n) is 5.11. The van der Waals surface area contributed by atoms with Crippen molar-refractivity contribution in [2.24, 2.45) is 5.10 Å². The van der Waals surface area contributed by atoms with Crippen LogP contribution in [0.1, 0.15) is 36.2 Å². The lowest BCUT2D eigenvalue weighted by Gasteiger charge is -2.21. The fourth-order valence-corrected chi connectivity index (χ4v) is 3.30. The SMILES string of the molecule is CCC(=O)N1N=C(c2cccs2)C[C@H]1c1ccc(OC)cc1. The molecule has 4 nitrogen and oxygen atoms in total. The highest BCUT2D eigenvalue weighted by atomic mass is 32.1. The third-order valence-corrected chi connectivity index (χ3v) is 4.69. The molecule has 0 saturated carbocycles. The van der Waals surface area contributed by atoms with E-state index in [4.69, 9.17) is 4.74 Å². The van der Waals surface area contributed by atoms with Crippen LogP contribution in [0.3, 0.4) is 0 Å². The topological polar surface area (TPSA) is 41.9 Å². The van der Waals surface area contributed by atoms with Gasteiger partial charge in [-0.2, -0.15) is 5.10 Å². The van der Waals surface area contributed by atoms with Crippen LogP contribution in [-0.2, 0) is 4.79 Å². The Morgan fingerprint density at radius 2 is 2.14 bits per heavy atom. The molecule has 3 rings (SSSR count). The van der Waals surface area contributed by atoms with Gasteiger partial charge in [0, 0.05) is 12.8 Å². The quantitative estimate of drug-likeness (QED) is 0.860. The van der Waals surface area contributed by atoms with Crippen molar-refractivity contribution in [3.05, 3.63) is 52.2 Å². The summed E-state index contributed by atoms with van der Waals surface area (Å²) < 4.78 is 5.20. The van der Waals surface area contributed by atoms with Crippen molar-refractivity contribution >= 4 is 23.0 Å². The van der Waals surface area contributed by atoms with Crippen molar-refractivity contribution < 1.29 is 9.53 Å². The van der Waals surface area contributed by atoms with E-state index in [9.17, 15) is 4.79 Å². The van der Waals surface area contributed by atoms with Crippen molar-refractivity contribution in [1.29, 1.82) is 0 Å². The van der Waals surface area contributed by atoms with E-state index >= 15 is 0 Å². The molecular formula is C17H18N2O2S. The number of ether oxygens (including phenoxy) is 1. The van der Waals surface area contributed by atoms with Gasteiger partial charge in [-0.3, -0.25) is 4.79 Å². The maximum Gasteiger partial charge on any atom is 0.242 e. The highest BCUT2D eigenvalue weighted by Gasteiger charge is 2.32. The molecular weight excluding hydrogens is 296 g/mol. The molecule has 0 fully saturated rings. The molecule has 0 spiro atoms. The molecule has 1 aliphatic rings. The van der Waals surface area contributed by atoms with Crippen molar-refractivity contribution in [2.45, 2.75) is 25.8 Å². The second-order valence-corrected chi connectivity index (χ2v) is 6.06. The van der Waals surface area contributed by atoms with Crippen LogP contribution >= 0.6 is 11.3 Å². The zero-order chi connectivity index (χ0) is 15.5. The normalized spacial score (nSPS) is 17.5. The summed E-state index contributed by atoms with van der Waals surface area (Å²) in [7, 11) is 1.65. The maximum absolute atomic E-state index is 12.2. The predicted molar refractivity (Wildman–Crippen MR) is 88.3 cm³/mol. The van der Waals surface area contributed by atoms with Crippen molar-refractivity contribution in [2.75, 3.05) is 7.11 Å². The minimum absolute atomic E-state index is 0.0320. The largest absolute Gasteiger partial charge is 0.497 e. The van der Waals surface area contributed by atoms with Crippen LogP contribution in [0.15, 0.2) is 46.9 Å². The first-order valence-corrected chi connectivity index (χ1v) is 8.18. The van der Waals surface area contributed by atoms with Gasteiger partial charge in [0.15, 0.2) is 0 Å². The summed E-state index contributed by atoms with van der Waals surface area (Å²) in [4.78, 5) is 13.4. The summed E-state index contributed by atoms with van der Waals surface area (Å²) in [5.41, 5.74) is 2.07. The average molecular weight is 314 g/mol. The van der Waals surface area contributed by atoms with E-state index in [1.807, 2.05) is 42.6 Å². The zero-order valence-electron chi connectivity index (χ0n) is 12.7. The molecule has 0 radical (unpaired) electrons. The number of hydrogen-bond donors (Lipinski definition) is 0. The number of rotatable bonds is 4. The van der Waals surface area contributed by atoms with E-state index in [0.29, 0.717) is 6.42 Å². The van der Waals surface area contributed by atoms with Crippen molar-refractivity contribution in [1.82, 2.24) is 5.01 Å². The lowest BCUT2D eigenvalue weighted by atomic mass is 10.0. The molecule has 114 valence electrons. The monoisotopic (exact) mass is 314 g/mol. The average Bonchev–Trinajstić information content (AvgIpc) is 3.23. The van der Waals surface area contributed by atoms with Gasteiger partial charge in [0.1, 0.15) is 5.75 Å². The number of hydrogen-bond acceptors (Lipinski definition) is 4. The molecule has 0 bridgehead atoms. The Kier molecular flexibility index (Phi) is 4.24. The number of thiophene rings is 1. The summed E-state index contributed by atoms with van der Waals surface area (Å²) in [5.74, 6) is 0.863. The van der Waals surface area contributed by atoms with Gasteiger partial charge >= 0.3 is 0 Å². The van der Waals surface area contributed by atoms with Crippen LogP contribution in [0, 0.1) is 0 Å². The summed E-state index contributed by atoms with van der Waals surface area (Å²) >= 11 is 1.66. The Labute approximate surface area is 134 Å². The van der Waals surface area contributed by atoms with E-state index in [1.165, 1.54) is 0 Å². The lowest BCUT2D eigenvalue weighted by Crippen LogP contribution is -2.26. The number of hydrazone groups is 1. The van der Waals surface area contributed by atoms with Crippen molar-refractivity contribution in [3.8, 4) is 5.75 Å². The van der Waals surface area contributed by atoms with Gasteiger partial charge in [0.2, 0.25) is 5.91 Å². The molecule has 1 atom stereocenters. The maximum atomic E-state index is 12.2. The smallest absolute Gasteiger partial charge is 0.242 e. The number of benzene rings is 1. The van der Waals surface area contributed by atoms with Crippen LogP contribution < -0.4 is 4.74 Å². The zero-order valence-corrected chi connectivity index (χ0v) is 13.5. The van der Waals surface area contributed by atoms with Crippen molar-refractivity contribution in [3.63, 3.8) is 0 Å². The number of nitrogens with zero attached hydrogens (tertiary/aromatic N) is 2.